The first-order valence-electron chi connectivity index (χ1n) is 9.74. The van der Waals surface area contributed by atoms with Crippen LogP contribution in [0.2, 0.25) is 5.02 Å². The summed E-state index contributed by atoms with van der Waals surface area (Å²) in [5, 5.41) is 0.664. The molecule has 2 aliphatic rings. The number of aromatic nitrogens is 2. The summed E-state index contributed by atoms with van der Waals surface area (Å²) in [6, 6.07) is 9.87. The van der Waals surface area contributed by atoms with Crippen LogP contribution < -0.4 is 16.4 Å². The maximum absolute atomic E-state index is 13.6. The summed E-state index contributed by atoms with van der Waals surface area (Å²) < 4.78 is 14.8. The van der Waals surface area contributed by atoms with Gasteiger partial charge in [-0.15, -0.1) is 0 Å². The van der Waals surface area contributed by atoms with Gasteiger partial charge in [0.25, 0.3) is 5.56 Å². The van der Waals surface area contributed by atoms with Gasteiger partial charge in [0.2, 0.25) is 5.91 Å². The van der Waals surface area contributed by atoms with Crippen molar-refractivity contribution in [3.8, 4) is 0 Å². The molecule has 2 aromatic heterocycles. The van der Waals surface area contributed by atoms with Gasteiger partial charge in [0.05, 0.1) is 17.8 Å². The Hall–Kier alpha value is -2.81. The Morgan fingerprint density at radius 3 is 2.77 bits per heavy atom. The number of hydrogen-bond donors (Lipinski definition) is 2. The van der Waals surface area contributed by atoms with Crippen molar-refractivity contribution in [2.45, 2.75) is 31.5 Å². The maximum Gasteiger partial charge on any atom is 0.263 e. The normalized spacial score (nSPS) is 21.1. The van der Waals surface area contributed by atoms with Gasteiger partial charge < -0.3 is 4.90 Å². The molecule has 9 heteroatoms. The number of nitrogens with zero attached hydrogens (tertiary/aromatic N) is 3. The zero-order valence-corrected chi connectivity index (χ0v) is 16.7. The van der Waals surface area contributed by atoms with E-state index in [9.17, 15) is 14.0 Å². The molecule has 1 saturated heterocycles. The van der Waals surface area contributed by atoms with Crippen molar-refractivity contribution >= 4 is 23.2 Å². The number of nitrogens with one attached hydrogen (secondary N) is 2. The Morgan fingerprint density at radius 1 is 1.17 bits per heavy atom. The molecular formula is C21H19ClFN5O2. The first-order valence-corrected chi connectivity index (χ1v) is 10.1. The van der Waals surface area contributed by atoms with Gasteiger partial charge in [0.1, 0.15) is 17.5 Å². The predicted octanol–water partition coefficient (Wildman–Crippen LogP) is 1.98. The van der Waals surface area contributed by atoms with Crippen molar-refractivity contribution in [2.75, 3.05) is 6.54 Å². The Kier molecular flexibility index (Phi) is 4.77. The van der Waals surface area contributed by atoms with Gasteiger partial charge in [-0.3, -0.25) is 14.0 Å². The lowest BCUT2D eigenvalue weighted by Gasteiger charge is -2.30. The molecule has 2 aliphatic heterocycles. The number of halogens is 2. The quantitative estimate of drug-likeness (QED) is 0.654. The third kappa shape index (κ3) is 3.36. The lowest BCUT2D eigenvalue weighted by atomic mass is 10.0. The molecule has 1 fully saturated rings. The van der Waals surface area contributed by atoms with Gasteiger partial charge in [-0.2, -0.15) is 0 Å². The van der Waals surface area contributed by atoms with Gasteiger partial charge >= 0.3 is 0 Å². The van der Waals surface area contributed by atoms with E-state index < -0.39 is 11.9 Å². The van der Waals surface area contributed by atoms with Gasteiger partial charge in [-0.25, -0.2) is 20.2 Å². The Bertz CT molecular complexity index is 1200. The van der Waals surface area contributed by atoms with Gasteiger partial charge in [0, 0.05) is 30.2 Å². The molecule has 0 radical (unpaired) electrons. The molecule has 154 valence electrons. The molecule has 1 amide bonds. The van der Waals surface area contributed by atoms with Crippen molar-refractivity contribution in [1.82, 2.24) is 25.1 Å². The fraction of sp³-hybridized carbons (Fsp3) is 0.286. The lowest BCUT2D eigenvalue weighted by Crippen LogP contribution is -2.48. The molecule has 2 atom stereocenters. The highest BCUT2D eigenvalue weighted by Crippen LogP contribution is 2.25. The first kappa shape index (κ1) is 19.2. The van der Waals surface area contributed by atoms with E-state index in [-0.39, 0.29) is 24.1 Å². The first-order chi connectivity index (χ1) is 14.5. The predicted molar refractivity (Wildman–Crippen MR) is 109 cm³/mol. The Balaban J connectivity index is 1.35. The molecule has 4 heterocycles. The number of hydrogen-bond acceptors (Lipinski definition) is 5. The minimum atomic E-state index is -0.510. The Labute approximate surface area is 176 Å². The van der Waals surface area contributed by atoms with E-state index in [4.69, 9.17) is 11.6 Å². The minimum Gasteiger partial charge on any atom is -0.336 e. The van der Waals surface area contributed by atoms with Crippen LogP contribution in [-0.4, -0.2) is 32.8 Å². The molecule has 2 N–H and O–H groups in total. The summed E-state index contributed by atoms with van der Waals surface area (Å²) in [4.78, 5) is 32.1. The fourth-order valence-corrected chi connectivity index (χ4v) is 4.24. The van der Waals surface area contributed by atoms with Crippen molar-refractivity contribution in [1.29, 1.82) is 0 Å². The van der Waals surface area contributed by atoms with Crippen molar-refractivity contribution in [3.63, 3.8) is 0 Å². The monoisotopic (exact) mass is 427 g/mol. The van der Waals surface area contributed by atoms with E-state index in [0.717, 1.165) is 11.8 Å². The van der Waals surface area contributed by atoms with Crippen molar-refractivity contribution < 1.29 is 9.18 Å². The third-order valence-corrected chi connectivity index (χ3v) is 5.97. The highest BCUT2D eigenvalue weighted by atomic mass is 35.5. The largest absolute Gasteiger partial charge is 0.336 e. The number of pyridine rings is 1. The lowest BCUT2D eigenvalue weighted by molar-refractivity contribution is -0.134. The molecule has 0 spiro atoms. The van der Waals surface area contributed by atoms with E-state index in [2.05, 4.69) is 15.8 Å². The standard InChI is InChI=1S/C21H19ClFN5O2/c22-13-3-1-12(2-4-13)17-9-18(26-25-17)21(30)27-8-7-16-15(11-27)20(29)28-10-14(23)5-6-19(28)24-16/h1-6,10,17-18,25-26H,7-9,11H2. The van der Waals surface area contributed by atoms with Crippen LogP contribution in [0.5, 0.6) is 0 Å². The molecule has 30 heavy (non-hydrogen) atoms. The van der Waals surface area contributed by atoms with Gasteiger partial charge in [-0.05, 0) is 36.2 Å². The van der Waals surface area contributed by atoms with Crippen LogP contribution in [0.15, 0.2) is 47.4 Å². The molecule has 5 rings (SSSR count). The van der Waals surface area contributed by atoms with Crippen LogP contribution >= 0.6 is 11.6 Å². The smallest absolute Gasteiger partial charge is 0.263 e. The van der Waals surface area contributed by atoms with E-state index >= 15 is 0 Å². The van der Waals surface area contributed by atoms with E-state index in [1.165, 1.54) is 16.5 Å². The minimum absolute atomic E-state index is 0.00694. The summed E-state index contributed by atoms with van der Waals surface area (Å²) in [6.07, 6.45) is 2.21. The average molecular weight is 428 g/mol. The number of carbonyl (C=O) groups excluding carboxylic acids is 1. The van der Waals surface area contributed by atoms with Crippen molar-refractivity contribution in [3.05, 3.63) is 80.6 Å². The topological polar surface area (TPSA) is 78.7 Å². The summed E-state index contributed by atoms with van der Waals surface area (Å²) in [6.45, 7) is 0.655. The second-order valence-electron chi connectivity index (χ2n) is 7.61. The van der Waals surface area contributed by atoms with E-state index in [0.29, 0.717) is 41.3 Å². The van der Waals surface area contributed by atoms with E-state index in [1.54, 1.807) is 4.90 Å². The third-order valence-electron chi connectivity index (χ3n) is 5.72. The zero-order valence-electron chi connectivity index (χ0n) is 15.9. The number of fused-ring (bicyclic) bond motifs is 2. The number of hydrazine groups is 1. The van der Waals surface area contributed by atoms with E-state index in [1.807, 2.05) is 24.3 Å². The molecule has 3 aromatic rings. The average Bonchev–Trinajstić information content (AvgIpc) is 3.24. The molecule has 1 aromatic carbocycles. The number of amides is 1. The maximum atomic E-state index is 13.6. The van der Waals surface area contributed by atoms with Crippen LogP contribution in [-0.2, 0) is 17.8 Å². The highest BCUT2D eigenvalue weighted by molar-refractivity contribution is 6.30. The van der Waals surface area contributed by atoms with Crippen LogP contribution in [0.1, 0.15) is 29.3 Å². The van der Waals surface area contributed by atoms with Gasteiger partial charge in [0.15, 0.2) is 0 Å². The van der Waals surface area contributed by atoms with Crippen LogP contribution in [0.25, 0.3) is 5.65 Å². The molecule has 0 aliphatic carbocycles. The van der Waals surface area contributed by atoms with Crippen LogP contribution in [0, 0.1) is 5.82 Å². The highest BCUT2D eigenvalue weighted by Gasteiger charge is 2.35. The fourth-order valence-electron chi connectivity index (χ4n) is 4.11. The summed E-state index contributed by atoms with van der Waals surface area (Å²) >= 11 is 5.95. The molecule has 7 nitrogen and oxygen atoms in total. The number of rotatable bonds is 2. The summed E-state index contributed by atoms with van der Waals surface area (Å²) in [5.74, 6) is -0.585. The molecular weight excluding hydrogens is 409 g/mol. The van der Waals surface area contributed by atoms with Crippen LogP contribution in [0.4, 0.5) is 4.39 Å². The second kappa shape index (κ2) is 7.46. The SMILES string of the molecule is O=C(C1CC(c2ccc(Cl)cc2)NN1)N1CCc2nc3ccc(F)cn3c(=O)c2C1. The van der Waals surface area contributed by atoms with Crippen molar-refractivity contribution in [2.24, 2.45) is 0 Å². The molecule has 0 bridgehead atoms. The summed E-state index contributed by atoms with van der Waals surface area (Å²) in [5.41, 5.74) is 8.47. The molecule has 0 saturated carbocycles. The zero-order chi connectivity index (χ0) is 20.8. The summed E-state index contributed by atoms with van der Waals surface area (Å²) in [7, 11) is 0. The number of benzene rings is 1. The second-order valence-corrected chi connectivity index (χ2v) is 8.05. The van der Waals surface area contributed by atoms with Gasteiger partial charge in [-0.1, -0.05) is 23.7 Å². The Morgan fingerprint density at radius 2 is 1.97 bits per heavy atom. The molecule has 2 unspecified atom stereocenters. The van der Waals surface area contributed by atoms with Crippen LogP contribution in [0.3, 0.4) is 0 Å². The number of carbonyl (C=O) groups is 1.